The highest BCUT2D eigenvalue weighted by molar-refractivity contribution is 5.57. The Morgan fingerprint density at radius 2 is 1.90 bits per heavy atom. The Labute approximate surface area is 174 Å². The second-order valence-corrected chi connectivity index (χ2v) is 9.14. The van der Waals surface area contributed by atoms with Crippen LogP contribution in [0.3, 0.4) is 0 Å². The number of piperidine rings is 1. The molecule has 4 heterocycles. The van der Waals surface area contributed by atoms with Crippen LogP contribution in [0.1, 0.15) is 54.9 Å². The zero-order chi connectivity index (χ0) is 19.8. The Morgan fingerprint density at radius 3 is 2.76 bits per heavy atom. The van der Waals surface area contributed by atoms with E-state index in [0.717, 1.165) is 45.7 Å². The second kappa shape index (κ2) is 8.07. The van der Waals surface area contributed by atoms with Crippen LogP contribution in [0.4, 0.5) is 5.69 Å². The summed E-state index contributed by atoms with van der Waals surface area (Å²) >= 11 is 0. The zero-order valence-corrected chi connectivity index (χ0v) is 17.9. The summed E-state index contributed by atoms with van der Waals surface area (Å²) in [7, 11) is 2.23. The average Bonchev–Trinajstić information content (AvgIpc) is 2.99. The first-order valence-electron chi connectivity index (χ1n) is 11.4. The van der Waals surface area contributed by atoms with Crippen LogP contribution in [0.2, 0.25) is 0 Å². The highest BCUT2D eigenvalue weighted by Gasteiger charge is 2.27. The van der Waals surface area contributed by atoms with Crippen molar-refractivity contribution < 1.29 is 0 Å². The standard InChI is InChI=1S/C23H34N6/c1-17-3-5-20-15-18(4-6-21(20)27(17)2)16-28-12-8-19(9-13-28)23-26-25-22-7-10-24-11-14-29(22)23/h4,6,15,17,19,24H,3,5,7-14,16H2,1-2H3/t17-/m1/s1. The minimum atomic E-state index is 0.560. The van der Waals surface area contributed by atoms with Crippen molar-refractivity contribution in [3.8, 4) is 0 Å². The van der Waals surface area contributed by atoms with E-state index in [4.69, 9.17) is 0 Å². The topological polar surface area (TPSA) is 49.2 Å². The van der Waals surface area contributed by atoms with Crippen molar-refractivity contribution in [1.29, 1.82) is 0 Å². The molecule has 6 nitrogen and oxygen atoms in total. The van der Waals surface area contributed by atoms with E-state index in [1.165, 1.54) is 54.1 Å². The first-order valence-corrected chi connectivity index (χ1v) is 11.4. The fourth-order valence-electron chi connectivity index (χ4n) is 5.28. The molecule has 1 saturated heterocycles. The van der Waals surface area contributed by atoms with Crippen molar-refractivity contribution in [1.82, 2.24) is 25.0 Å². The number of anilines is 1. The molecule has 0 amide bonds. The molecule has 3 aliphatic heterocycles. The minimum Gasteiger partial charge on any atom is -0.372 e. The molecule has 0 saturated carbocycles. The van der Waals surface area contributed by atoms with Gasteiger partial charge in [0.2, 0.25) is 0 Å². The molecule has 0 unspecified atom stereocenters. The lowest BCUT2D eigenvalue weighted by atomic mass is 9.94. The van der Waals surface area contributed by atoms with Crippen molar-refractivity contribution in [2.45, 2.75) is 64.1 Å². The van der Waals surface area contributed by atoms with Gasteiger partial charge in [0, 0.05) is 57.3 Å². The summed E-state index contributed by atoms with van der Waals surface area (Å²) in [5.74, 6) is 2.96. The molecule has 29 heavy (non-hydrogen) atoms. The van der Waals surface area contributed by atoms with Crippen molar-refractivity contribution in [2.24, 2.45) is 0 Å². The summed E-state index contributed by atoms with van der Waals surface area (Å²) in [6.45, 7) is 8.76. The zero-order valence-electron chi connectivity index (χ0n) is 17.9. The third kappa shape index (κ3) is 3.80. The SMILES string of the molecule is C[C@@H]1CCc2cc(CN3CCC(c4nnc5n4CCNCC5)CC3)ccc2N1C. The maximum Gasteiger partial charge on any atom is 0.136 e. The van der Waals surface area contributed by atoms with Crippen LogP contribution in [-0.2, 0) is 25.9 Å². The molecule has 1 aromatic carbocycles. The van der Waals surface area contributed by atoms with Gasteiger partial charge in [-0.15, -0.1) is 10.2 Å². The lowest BCUT2D eigenvalue weighted by molar-refractivity contribution is 0.200. The van der Waals surface area contributed by atoms with Gasteiger partial charge in [-0.05, 0) is 62.9 Å². The van der Waals surface area contributed by atoms with Gasteiger partial charge in [-0.25, -0.2) is 0 Å². The Balaban J connectivity index is 1.21. The highest BCUT2D eigenvalue weighted by Crippen LogP contribution is 2.32. The van der Waals surface area contributed by atoms with E-state index in [1.54, 1.807) is 0 Å². The van der Waals surface area contributed by atoms with Crippen molar-refractivity contribution in [3.05, 3.63) is 41.0 Å². The molecule has 0 spiro atoms. The summed E-state index contributed by atoms with van der Waals surface area (Å²) in [6, 6.07) is 7.78. The molecule has 6 heteroatoms. The molecule has 0 aliphatic carbocycles. The van der Waals surface area contributed by atoms with E-state index in [1.807, 2.05) is 0 Å². The van der Waals surface area contributed by atoms with Crippen LogP contribution in [0.5, 0.6) is 0 Å². The van der Waals surface area contributed by atoms with Gasteiger partial charge < -0.3 is 14.8 Å². The molecule has 5 rings (SSSR count). The van der Waals surface area contributed by atoms with Crippen LogP contribution >= 0.6 is 0 Å². The third-order valence-corrected chi connectivity index (χ3v) is 7.27. The molecular weight excluding hydrogens is 360 g/mol. The van der Waals surface area contributed by atoms with Gasteiger partial charge in [0.1, 0.15) is 11.6 Å². The van der Waals surface area contributed by atoms with E-state index >= 15 is 0 Å². The van der Waals surface area contributed by atoms with Gasteiger partial charge in [-0.2, -0.15) is 0 Å². The first kappa shape index (κ1) is 19.1. The quantitative estimate of drug-likeness (QED) is 0.867. The van der Waals surface area contributed by atoms with Gasteiger partial charge in [0.15, 0.2) is 0 Å². The molecular formula is C23H34N6. The smallest absolute Gasteiger partial charge is 0.136 e. The molecule has 0 bridgehead atoms. The number of fused-ring (bicyclic) bond motifs is 2. The maximum absolute atomic E-state index is 4.60. The summed E-state index contributed by atoms with van der Waals surface area (Å²) in [5.41, 5.74) is 4.42. The molecule has 2 aromatic rings. The Morgan fingerprint density at radius 1 is 1.03 bits per heavy atom. The number of aryl methyl sites for hydroxylation is 1. The Kier molecular flexibility index (Phi) is 5.31. The van der Waals surface area contributed by atoms with Crippen LogP contribution in [-0.4, -0.2) is 58.9 Å². The molecule has 1 atom stereocenters. The minimum absolute atomic E-state index is 0.560. The van der Waals surface area contributed by atoms with E-state index in [0.29, 0.717) is 12.0 Å². The number of likely N-dealkylation sites (tertiary alicyclic amines) is 1. The number of aromatic nitrogens is 3. The molecule has 1 aromatic heterocycles. The highest BCUT2D eigenvalue weighted by atomic mass is 15.3. The van der Waals surface area contributed by atoms with Crippen LogP contribution in [0.25, 0.3) is 0 Å². The van der Waals surface area contributed by atoms with Gasteiger partial charge in [0.05, 0.1) is 0 Å². The molecule has 1 N–H and O–H groups in total. The lowest BCUT2D eigenvalue weighted by Crippen LogP contribution is -2.34. The fraction of sp³-hybridized carbons (Fsp3) is 0.652. The number of benzene rings is 1. The number of rotatable bonds is 3. The van der Waals surface area contributed by atoms with E-state index in [9.17, 15) is 0 Å². The number of nitrogens with zero attached hydrogens (tertiary/aromatic N) is 5. The van der Waals surface area contributed by atoms with E-state index in [2.05, 4.69) is 62.1 Å². The summed E-state index contributed by atoms with van der Waals surface area (Å²) in [5, 5.41) is 12.6. The Hall–Kier alpha value is -1.92. The number of hydrogen-bond acceptors (Lipinski definition) is 5. The van der Waals surface area contributed by atoms with Gasteiger partial charge in [-0.3, -0.25) is 4.90 Å². The summed E-state index contributed by atoms with van der Waals surface area (Å²) < 4.78 is 2.39. The fourth-order valence-corrected chi connectivity index (χ4v) is 5.28. The predicted octanol–water partition coefficient (Wildman–Crippen LogP) is 2.57. The van der Waals surface area contributed by atoms with Crippen LogP contribution < -0.4 is 10.2 Å². The van der Waals surface area contributed by atoms with Gasteiger partial charge in [-0.1, -0.05) is 12.1 Å². The molecule has 1 fully saturated rings. The van der Waals surface area contributed by atoms with E-state index in [-0.39, 0.29) is 0 Å². The Bertz CT molecular complexity index is 851. The first-order chi connectivity index (χ1) is 14.2. The predicted molar refractivity (Wildman–Crippen MR) is 116 cm³/mol. The second-order valence-electron chi connectivity index (χ2n) is 9.14. The van der Waals surface area contributed by atoms with Crippen LogP contribution in [0.15, 0.2) is 18.2 Å². The van der Waals surface area contributed by atoms with Crippen molar-refractivity contribution in [2.75, 3.05) is 38.1 Å². The monoisotopic (exact) mass is 394 g/mol. The number of hydrogen-bond donors (Lipinski definition) is 1. The van der Waals surface area contributed by atoms with Crippen LogP contribution in [0, 0.1) is 0 Å². The summed E-state index contributed by atoms with van der Waals surface area (Å²) in [4.78, 5) is 5.06. The summed E-state index contributed by atoms with van der Waals surface area (Å²) in [6.07, 6.45) is 5.85. The van der Waals surface area contributed by atoms with Crippen molar-refractivity contribution in [3.63, 3.8) is 0 Å². The van der Waals surface area contributed by atoms with E-state index < -0.39 is 0 Å². The molecule has 3 aliphatic rings. The largest absolute Gasteiger partial charge is 0.372 e. The molecule has 0 radical (unpaired) electrons. The number of nitrogens with one attached hydrogen (secondary N) is 1. The normalized spacial score (nSPS) is 23.5. The van der Waals surface area contributed by atoms with Gasteiger partial charge in [0.25, 0.3) is 0 Å². The maximum atomic E-state index is 4.60. The third-order valence-electron chi connectivity index (χ3n) is 7.27. The average molecular weight is 395 g/mol. The molecule has 156 valence electrons. The van der Waals surface area contributed by atoms with Crippen molar-refractivity contribution >= 4 is 5.69 Å². The lowest BCUT2D eigenvalue weighted by Gasteiger charge is -2.35. The van der Waals surface area contributed by atoms with Gasteiger partial charge >= 0.3 is 0 Å².